The molecule has 0 spiro atoms. The summed E-state index contributed by atoms with van der Waals surface area (Å²) in [5, 5.41) is 6.55. The van der Waals surface area contributed by atoms with E-state index in [9.17, 15) is 0 Å². The molecule has 144 valence electrons. The van der Waals surface area contributed by atoms with Crippen molar-refractivity contribution < 1.29 is 0 Å². The summed E-state index contributed by atoms with van der Waals surface area (Å²) in [5.41, 5.74) is 16.2. The maximum absolute atomic E-state index is 6.00. The first-order valence-corrected chi connectivity index (χ1v) is 9.41. The lowest BCUT2D eigenvalue weighted by atomic mass is 9.91. The molecule has 4 rings (SSSR count). The smallest absolute Gasteiger partial charge is 0.222 e. The second-order valence-electron chi connectivity index (χ2n) is 6.85. The van der Waals surface area contributed by atoms with E-state index in [0.717, 1.165) is 54.3 Å². The first kappa shape index (κ1) is 18.0. The molecule has 1 unspecified atom stereocenters. The molecule has 2 heterocycles. The van der Waals surface area contributed by atoms with E-state index in [2.05, 4.69) is 48.8 Å². The summed E-state index contributed by atoms with van der Waals surface area (Å²) in [7, 11) is 1.87. The summed E-state index contributed by atoms with van der Waals surface area (Å²) in [5.74, 6) is 2.37. The molecule has 8 heteroatoms. The maximum atomic E-state index is 6.00. The second-order valence-corrected chi connectivity index (χ2v) is 6.85. The number of rotatable bonds is 5. The highest BCUT2D eigenvalue weighted by Gasteiger charge is 2.27. The van der Waals surface area contributed by atoms with Crippen molar-refractivity contribution in [2.75, 3.05) is 35.7 Å². The van der Waals surface area contributed by atoms with Gasteiger partial charge in [0.25, 0.3) is 0 Å². The van der Waals surface area contributed by atoms with E-state index in [-0.39, 0.29) is 17.8 Å². The molecule has 1 aliphatic rings. The highest BCUT2D eigenvalue weighted by atomic mass is 15.1. The quantitative estimate of drug-likeness (QED) is 0.535. The van der Waals surface area contributed by atoms with Crippen LogP contribution in [0.1, 0.15) is 29.9 Å². The third-order valence-corrected chi connectivity index (χ3v) is 5.12. The number of nitrogens with two attached hydrogens (primary N) is 2. The van der Waals surface area contributed by atoms with Gasteiger partial charge in [-0.3, -0.25) is 0 Å². The lowest BCUT2D eigenvalue weighted by Gasteiger charge is -2.21. The van der Waals surface area contributed by atoms with Crippen LogP contribution in [0, 0.1) is 0 Å². The predicted molar refractivity (Wildman–Crippen MR) is 112 cm³/mol. The third-order valence-electron chi connectivity index (χ3n) is 5.12. The monoisotopic (exact) mass is 376 g/mol. The highest BCUT2D eigenvalue weighted by molar-refractivity contribution is 5.74. The zero-order valence-electron chi connectivity index (χ0n) is 15.8. The Morgan fingerprint density at radius 2 is 1.93 bits per heavy atom. The van der Waals surface area contributed by atoms with Crippen LogP contribution in [0.25, 0.3) is 11.3 Å². The number of anilines is 4. The summed E-state index contributed by atoms with van der Waals surface area (Å²) < 4.78 is 0. The Kier molecular flexibility index (Phi) is 4.92. The van der Waals surface area contributed by atoms with Crippen molar-refractivity contribution in [1.82, 2.24) is 19.9 Å². The van der Waals surface area contributed by atoms with Crippen molar-refractivity contribution in [2.45, 2.75) is 25.2 Å². The number of aryl methyl sites for hydroxylation is 1. The Labute approximate surface area is 163 Å². The van der Waals surface area contributed by atoms with Crippen molar-refractivity contribution in [3.05, 3.63) is 47.7 Å². The number of hydrogen-bond donors (Lipinski definition) is 4. The molecule has 0 fully saturated rings. The van der Waals surface area contributed by atoms with Crippen LogP contribution in [0.3, 0.4) is 0 Å². The molecule has 2 aromatic heterocycles. The van der Waals surface area contributed by atoms with Gasteiger partial charge in [-0.2, -0.15) is 9.97 Å². The minimum absolute atomic E-state index is 0.265. The van der Waals surface area contributed by atoms with Crippen molar-refractivity contribution in [3.63, 3.8) is 0 Å². The van der Waals surface area contributed by atoms with Crippen LogP contribution in [-0.4, -0.2) is 33.5 Å². The lowest BCUT2D eigenvalue weighted by molar-refractivity contribution is 0.597. The zero-order chi connectivity index (χ0) is 19.5. The Morgan fingerprint density at radius 1 is 1.07 bits per heavy atom. The van der Waals surface area contributed by atoms with Gasteiger partial charge in [0.2, 0.25) is 11.9 Å². The summed E-state index contributed by atoms with van der Waals surface area (Å²) in [6, 6.07) is 10.2. The number of nitrogens with zero attached hydrogens (tertiary/aromatic N) is 4. The molecule has 3 aromatic rings. The molecule has 1 atom stereocenters. The van der Waals surface area contributed by atoms with E-state index in [1.807, 2.05) is 19.2 Å². The number of hydrogen-bond acceptors (Lipinski definition) is 8. The molecule has 0 bridgehead atoms. The van der Waals surface area contributed by atoms with Crippen molar-refractivity contribution in [3.8, 4) is 11.3 Å². The van der Waals surface area contributed by atoms with Crippen LogP contribution in [-0.2, 0) is 6.42 Å². The third kappa shape index (κ3) is 3.53. The molecule has 0 saturated heterocycles. The van der Waals surface area contributed by atoms with Crippen molar-refractivity contribution >= 4 is 23.5 Å². The van der Waals surface area contributed by atoms with E-state index in [1.54, 1.807) is 6.20 Å². The molecule has 6 N–H and O–H groups in total. The number of fused-ring (bicyclic) bond motifs is 3. The Bertz CT molecular complexity index is 988. The zero-order valence-corrected chi connectivity index (χ0v) is 15.8. The Balaban J connectivity index is 1.65. The summed E-state index contributed by atoms with van der Waals surface area (Å²) in [4.78, 5) is 17.2. The molecule has 0 saturated carbocycles. The second kappa shape index (κ2) is 7.67. The van der Waals surface area contributed by atoms with Gasteiger partial charge in [0, 0.05) is 30.9 Å². The number of nitrogen functional groups attached to an aromatic ring is 2. The van der Waals surface area contributed by atoms with Crippen molar-refractivity contribution in [1.29, 1.82) is 0 Å². The molecule has 0 radical (unpaired) electrons. The molecular formula is C20H24N8. The summed E-state index contributed by atoms with van der Waals surface area (Å²) >= 11 is 0. The highest BCUT2D eigenvalue weighted by Crippen LogP contribution is 2.41. The van der Waals surface area contributed by atoms with E-state index in [0.29, 0.717) is 0 Å². The van der Waals surface area contributed by atoms with Gasteiger partial charge in [0.1, 0.15) is 11.6 Å². The van der Waals surface area contributed by atoms with E-state index in [1.165, 1.54) is 5.56 Å². The maximum Gasteiger partial charge on any atom is 0.222 e. The number of nitrogens with one attached hydrogen (secondary N) is 2. The minimum Gasteiger partial charge on any atom is -0.373 e. The first-order chi connectivity index (χ1) is 13.7. The average molecular weight is 376 g/mol. The minimum atomic E-state index is 0.265. The Morgan fingerprint density at radius 3 is 2.75 bits per heavy atom. The van der Waals surface area contributed by atoms with Crippen molar-refractivity contribution in [2.24, 2.45) is 0 Å². The SMILES string of the molecule is CNc1nc(N)nc2c1C(CCNc1ccnc(N)n1)CCc1ccccc1-2. The fourth-order valence-electron chi connectivity index (χ4n) is 3.85. The lowest BCUT2D eigenvalue weighted by Crippen LogP contribution is -2.14. The van der Waals surface area contributed by atoms with Crippen LogP contribution < -0.4 is 22.1 Å². The molecule has 0 amide bonds. The molecule has 8 nitrogen and oxygen atoms in total. The van der Waals surface area contributed by atoms with E-state index < -0.39 is 0 Å². The molecule has 0 aliphatic heterocycles. The summed E-state index contributed by atoms with van der Waals surface area (Å²) in [6.07, 6.45) is 4.56. The molecule has 1 aromatic carbocycles. The van der Waals surface area contributed by atoms with Crippen LogP contribution in [0.2, 0.25) is 0 Å². The first-order valence-electron chi connectivity index (χ1n) is 9.41. The predicted octanol–water partition coefficient (Wildman–Crippen LogP) is 2.67. The van der Waals surface area contributed by atoms with Gasteiger partial charge in [-0.1, -0.05) is 24.3 Å². The summed E-state index contributed by atoms with van der Waals surface area (Å²) in [6.45, 7) is 0.754. The van der Waals surface area contributed by atoms with Gasteiger partial charge in [0.05, 0.1) is 5.69 Å². The molecule has 28 heavy (non-hydrogen) atoms. The van der Waals surface area contributed by atoms with E-state index in [4.69, 9.17) is 11.5 Å². The Hall–Kier alpha value is -3.42. The van der Waals surface area contributed by atoms with Crippen LogP contribution in [0.4, 0.5) is 23.5 Å². The fourth-order valence-corrected chi connectivity index (χ4v) is 3.85. The average Bonchev–Trinajstić information content (AvgIpc) is 2.85. The van der Waals surface area contributed by atoms with Gasteiger partial charge >= 0.3 is 0 Å². The molecule has 1 aliphatic carbocycles. The fraction of sp³-hybridized carbons (Fsp3) is 0.300. The topological polar surface area (TPSA) is 128 Å². The largest absolute Gasteiger partial charge is 0.373 e. The van der Waals surface area contributed by atoms with Gasteiger partial charge in [-0.05, 0) is 36.8 Å². The van der Waals surface area contributed by atoms with Crippen LogP contribution in [0.15, 0.2) is 36.5 Å². The van der Waals surface area contributed by atoms with Gasteiger partial charge in [-0.15, -0.1) is 0 Å². The number of benzene rings is 1. The van der Waals surface area contributed by atoms with Gasteiger partial charge < -0.3 is 22.1 Å². The van der Waals surface area contributed by atoms with Crippen LogP contribution in [0.5, 0.6) is 0 Å². The molecular weight excluding hydrogens is 352 g/mol. The van der Waals surface area contributed by atoms with Gasteiger partial charge in [0.15, 0.2) is 0 Å². The standard InChI is InChI=1S/C20H24N8/c1-23-18-16-13(8-10-24-15-9-11-25-19(21)26-15)7-6-12-4-2-3-5-14(12)17(16)27-20(22)28-18/h2-5,9,11,13H,6-8,10H2,1H3,(H3,21,24,25,26)(H3,22,23,27,28). The van der Waals surface area contributed by atoms with E-state index >= 15 is 0 Å². The van der Waals surface area contributed by atoms with Gasteiger partial charge in [-0.25, -0.2) is 9.97 Å². The normalized spacial score (nSPS) is 15.2. The van der Waals surface area contributed by atoms with Crippen LogP contribution >= 0.6 is 0 Å². The number of aromatic nitrogens is 4.